The van der Waals surface area contributed by atoms with Crippen molar-refractivity contribution in [2.24, 2.45) is 0 Å². The predicted octanol–water partition coefficient (Wildman–Crippen LogP) is 6.65. The molecule has 0 heterocycles. The number of hydrogen-bond acceptors (Lipinski definition) is 3. The van der Waals surface area contributed by atoms with Crippen LogP contribution in [0.4, 0.5) is 36.4 Å². The number of aryl methyl sites for hydroxylation is 1. The van der Waals surface area contributed by atoms with Gasteiger partial charge in [-0.1, -0.05) is 35.4 Å². The molecule has 0 aromatic heterocycles. The average Bonchev–Trinajstić information content (AvgIpc) is 2.79. The number of carbonyl (C=O) groups excluding carboxylic acids is 1. The maximum atomic E-state index is 14.4. The van der Waals surface area contributed by atoms with E-state index in [4.69, 9.17) is 11.6 Å². The Kier molecular flexibility index (Phi) is 8.44. The number of alkyl halides is 6. The summed E-state index contributed by atoms with van der Waals surface area (Å²) in [4.78, 5) is 12.4. The molecular formula is C24H18ClF7N2O3S. The Hall–Kier alpha value is -3.16. The van der Waals surface area contributed by atoms with Gasteiger partial charge in [-0.25, -0.2) is 12.8 Å². The van der Waals surface area contributed by atoms with Crippen molar-refractivity contribution < 1.29 is 43.9 Å². The van der Waals surface area contributed by atoms with Crippen molar-refractivity contribution >= 4 is 33.2 Å². The number of halogens is 8. The summed E-state index contributed by atoms with van der Waals surface area (Å²) in [6, 6.07) is 9.34. The minimum absolute atomic E-state index is 0.121. The molecule has 0 spiro atoms. The summed E-state index contributed by atoms with van der Waals surface area (Å²) in [7, 11) is -4.51. The summed E-state index contributed by atoms with van der Waals surface area (Å²) in [5.74, 6) is -2.17. The van der Waals surface area contributed by atoms with Crippen LogP contribution in [-0.2, 0) is 33.7 Å². The van der Waals surface area contributed by atoms with Crippen LogP contribution in [0.5, 0.6) is 0 Å². The molecule has 0 radical (unpaired) electrons. The molecule has 38 heavy (non-hydrogen) atoms. The zero-order chi connectivity index (χ0) is 28.5. The molecule has 0 fully saturated rings. The van der Waals surface area contributed by atoms with Gasteiger partial charge in [0.1, 0.15) is 5.82 Å². The van der Waals surface area contributed by atoms with Gasteiger partial charge in [0.15, 0.2) is 0 Å². The van der Waals surface area contributed by atoms with Crippen LogP contribution in [-0.4, -0.2) is 25.2 Å². The van der Waals surface area contributed by atoms with Crippen molar-refractivity contribution in [3.05, 3.63) is 93.8 Å². The number of nitrogens with one attached hydrogen (secondary N) is 1. The molecule has 3 aromatic rings. The second kappa shape index (κ2) is 10.9. The third-order valence-corrected chi connectivity index (χ3v) is 7.41. The van der Waals surface area contributed by atoms with E-state index in [-0.39, 0.29) is 33.7 Å². The Morgan fingerprint density at radius 3 is 1.97 bits per heavy atom. The summed E-state index contributed by atoms with van der Waals surface area (Å²) in [5.41, 5.74) is -3.81. The first-order valence-electron chi connectivity index (χ1n) is 10.6. The lowest BCUT2D eigenvalue weighted by Gasteiger charge is -2.23. The molecule has 3 rings (SSSR count). The van der Waals surface area contributed by atoms with Crippen molar-refractivity contribution in [3.8, 4) is 0 Å². The fourth-order valence-electron chi connectivity index (χ4n) is 3.33. The van der Waals surface area contributed by atoms with E-state index in [0.717, 1.165) is 6.07 Å². The maximum absolute atomic E-state index is 14.4. The minimum Gasteiger partial charge on any atom is -0.325 e. The van der Waals surface area contributed by atoms with Gasteiger partial charge in [-0.2, -0.15) is 30.6 Å². The predicted molar refractivity (Wildman–Crippen MR) is 125 cm³/mol. The van der Waals surface area contributed by atoms with Crippen LogP contribution in [0.2, 0.25) is 5.02 Å². The second-order valence-corrected chi connectivity index (χ2v) is 10.5. The summed E-state index contributed by atoms with van der Waals surface area (Å²) in [6.45, 7) is -0.158. The molecule has 0 aliphatic rings. The fraction of sp³-hybridized carbons (Fsp3) is 0.208. The van der Waals surface area contributed by atoms with Gasteiger partial charge in [-0.3, -0.25) is 4.79 Å². The molecule has 0 atom stereocenters. The number of carbonyl (C=O) groups is 1. The molecule has 1 amide bonds. The first-order chi connectivity index (χ1) is 17.5. The van der Waals surface area contributed by atoms with Crippen molar-refractivity contribution in [1.29, 1.82) is 0 Å². The number of benzene rings is 3. The molecule has 3 aromatic carbocycles. The van der Waals surface area contributed by atoms with Crippen LogP contribution in [0.15, 0.2) is 65.6 Å². The van der Waals surface area contributed by atoms with E-state index in [1.165, 1.54) is 36.4 Å². The first kappa shape index (κ1) is 29.4. The molecule has 0 saturated heterocycles. The van der Waals surface area contributed by atoms with E-state index in [1.807, 2.05) is 5.32 Å². The Morgan fingerprint density at radius 2 is 1.47 bits per heavy atom. The van der Waals surface area contributed by atoms with Crippen LogP contribution in [0.3, 0.4) is 0 Å². The number of sulfonamides is 1. The number of anilines is 1. The summed E-state index contributed by atoms with van der Waals surface area (Å²) in [6.07, 6.45) is -10.3. The monoisotopic (exact) mass is 582 g/mol. The quantitative estimate of drug-likeness (QED) is 0.317. The van der Waals surface area contributed by atoms with E-state index in [0.29, 0.717) is 9.87 Å². The van der Waals surface area contributed by atoms with E-state index in [2.05, 4.69) is 0 Å². The molecule has 1 N–H and O–H groups in total. The molecule has 14 heteroatoms. The van der Waals surface area contributed by atoms with E-state index < -0.39 is 64.0 Å². The highest BCUT2D eigenvalue weighted by Crippen LogP contribution is 2.37. The van der Waals surface area contributed by atoms with Crippen molar-refractivity contribution in [3.63, 3.8) is 0 Å². The van der Waals surface area contributed by atoms with Gasteiger partial charge in [0.05, 0.1) is 22.6 Å². The molecule has 0 saturated carbocycles. The van der Waals surface area contributed by atoms with Crippen molar-refractivity contribution in [1.82, 2.24) is 4.31 Å². The molecule has 5 nitrogen and oxygen atoms in total. The highest BCUT2D eigenvalue weighted by molar-refractivity contribution is 7.89. The summed E-state index contributed by atoms with van der Waals surface area (Å²) in [5, 5.41) is 1.71. The summed E-state index contributed by atoms with van der Waals surface area (Å²) < 4.78 is 121. The number of nitrogens with zero attached hydrogens (tertiary/aromatic N) is 1. The van der Waals surface area contributed by atoms with Crippen LogP contribution in [0.25, 0.3) is 0 Å². The number of hydrogen-bond donors (Lipinski definition) is 1. The van der Waals surface area contributed by atoms with Gasteiger partial charge < -0.3 is 5.32 Å². The first-order valence-corrected chi connectivity index (χ1v) is 12.4. The van der Waals surface area contributed by atoms with Crippen LogP contribution < -0.4 is 5.32 Å². The largest absolute Gasteiger partial charge is 0.416 e. The normalized spacial score (nSPS) is 12.6. The molecule has 204 valence electrons. The zero-order valence-corrected chi connectivity index (χ0v) is 20.9. The minimum atomic E-state index is -5.16. The zero-order valence-electron chi connectivity index (χ0n) is 19.3. The third kappa shape index (κ3) is 7.03. The van der Waals surface area contributed by atoms with Gasteiger partial charge in [-0.15, -0.1) is 0 Å². The number of rotatable bonds is 7. The van der Waals surface area contributed by atoms with Crippen molar-refractivity contribution in [2.75, 3.05) is 11.9 Å². The highest BCUT2D eigenvalue weighted by Gasteiger charge is 2.37. The van der Waals surface area contributed by atoms with Crippen LogP contribution in [0, 0.1) is 12.7 Å². The Morgan fingerprint density at radius 1 is 0.921 bits per heavy atom. The van der Waals surface area contributed by atoms with E-state index >= 15 is 0 Å². The van der Waals surface area contributed by atoms with Gasteiger partial charge in [0.2, 0.25) is 15.9 Å². The fourth-order valence-corrected chi connectivity index (χ4v) is 4.92. The topological polar surface area (TPSA) is 66.5 Å². The lowest BCUT2D eigenvalue weighted by atomic mass is 10.1. The van der Waals surface area contributed by atoms with E-state index in [9.17, 15) is 43.9 Å². The average molecular weight is 583 g/mol. The molecule has 0 aliphatic heterocycles. The van der Waals surface area contributed by atoms with E-state index in [1.54, 1.807) is 6.92 Å². The molecule has 0 aliphatic carbocycles. The lowest BCUT2D eigenvalue weighted by molar-refractivity contribution is -0.143. The Balaban J connectivity index is 1.99. The van der Waals surface area contributed by atoms with Crippen LogP contribution >= 0.6 is 11.6 Å². The molecular weight excluding hydrogens is 565 g/mol. The van der Waals surface area contributed by atoms with Gasteiger partial charge in [-0.05, 0) is 49.4 Å². The van der Waals surface area contributed by atoms with Gasteiger partial charge in [0, 0.05) is 22.8 Å². The number of amides is 1. The van der Waals surface area contributed by atoms with Crippen molar-refractivity contribution in [2.45, 2.75) is 30.7 Å². The third-order valence-electron chi connectivity index (χ3n) is 5.25. The SMILES string of the molecule is Cc1ccc(S(=O)(=O)N(CC(=O)Nc2cc(C(F)(F)F)cc(C(F)(F)F)c2)Cc2c(F)cccc2Cl)cc1. The Labute approximate surface area is 217 Å². The maximum Gasteiger partial charge on any atom is 0.416 e. The second-order valence-electron chi connectivity index (χ2n) is 8.13. The standard InChI is InChI=1S/C24H18ClF7N2O3S/c1-14-5-7-18(8-6-14)38(36,37)34(12-19-20(25)3-2-4-21(19)26)13-22(35)33-17-10-15(23(27,28)29)9-16(11-17)24(30,31)32/h2-11H,12-13H2,1H3,(H,33,35). The Bertz CT molecular complexity index is 1390. The smallest absolute Gasteiger partial charge is 0.325 e. The van der Waals surface area contributed by atoms with Crippen LogP contribution in [0.1, 0.15) is 22.3 Å². The summed E-state index contributed by atoms with van der Waals surface area (Å²) >= 11 is 6.00. The van der Waals surface area contributed by atoms with Gasteiger partial charge >= 0.3 is 12.4 Å². The highest BCUT2D eigenvalue weighted by atomic mass is 35.5. The molecule has 0 bridgehead atoms. The molecule has 0 unspecified atom stereocenters. The lowest BCUT2D eigenvalue weighted by Crippen LogP contribution is -2.38. The van der Waals surface area contributed by atoms with Gasteiger partial charge in [0.25, 0.3) is 0 Å².